The number of aromatic amines is 1. The van der Waals surface area contributed by atoms with Gasteiger partial charge in [0.05, 0.1) is 12.1 Å². The monoisotopic (exact) mass is 624 g/mol. The van der Waals surface area contributed by atoms with E-state index in [4.69, 9.17) is 17.2 Å². The number of nitrogens with two attached hydrogens (primary N) is 3. The van der Waals surface area contributed by atoms with E-state index in [2.05, 4.69) is 25.9 Å². The molecule has 0 radical (unpaired) electrons. The van der Waals surface area contributed by atoms with Crippen LogP contribution in [0.2, 0.25) is 0 Å². The fourth-order valence-electron chi connectivity index (χ4n) is 4.65. The number of rotatable bonds is 16. The number of carboxylic acid groups (broad SMARTS) is 1. The predicted molar refractivity (Wildman–Crippen MR) is 167 cm³/mol. The van der Waals surface area contributed by atoms with Crippen LogP contribution in [0, 0.1) is 0 Å². The average molecular weight is 625 g/mol. The lowest BCUT2D eigenvalue weighted by molar-refractivity contribution is -0.142. The summed E-state index contributed by atoms with van der Waals surface area (Å²) in [6.45, 7) is 1.53. The Kier molecular flexibility index (Phi) is 12.3. The standard InChI is InChI=1S/C30H40N8O7/c1-16(39)25(38-26(41)21(31)6-4-12-34-30(32)33)28(43)36-23(13-17-8-10-19(40)11-9-17)27(42)37-24(29(44)45)14-18-15-35-22-7-3-2-5-20(18)22/h2-3,5,7-11,15-16,21,23-25,35,39-40H,4,6,12-14,31H2,1H3,(H,36,43)(H,37,42)(H,38,41)(H,44,45)(H4,32,33,34). The van der Waals surface area contributed by atoms with Crippen LogP contribution in [0.4, 0.5) is 0 Å². The van der Waals surface area contributed by atoms with Crippen LogP contribution < -0.4 is 33.2 Å². The van der Waals surface area contributed by atoms with Crippen molar-refractivity contribution in [3.63, 3.8) is 0 Å². The van der Waals surface area contributed by atoms with Crippen LogP contribution in [0.5, 0.6) is 5.75 Å². The van der Waals surface area contributed by atoms with Gasteiger partial charge in [-0.15, -0.1) is 0 Å². The number of benzene rings is 2. The molecule has 0 saturated carbocycles. The number of aromatic hydroxyl groups is 1. The molecule has 0 saturated heterocycles. The Balaban J connectivity index is 1.76. The highest BCUT2D eigenvalue weighted by molar-refractivity contribution is 5.95. The molecule has 45 heavy (non-hydrogen) atoms. The Bertz CT molecular complexity index is 1500. The maximum Gasteiger partial charge on any atom is 0.326 e. The highest BCUT2D eigenvalue weighted by Gasteiger charge is 2.33. The minimum atomic E-state index is -1.49. The number of guanidine groups is 1. The second-order valence-electron chi connectivity index (χ2n) is 10.7. The number of amides is 3. The molecule has 0 aliphatic heterocycles. The third-order valence-corrected chi connectivity index (χ3v) is 7.09. The number of aliphatic carboxylic acids is 1. The first-order valence-corrected chi connectivity index (χ1v) is 14.3. The van der Waals surface area contributed by atoms with E-state index in [1.165, 1.54) is 31.2 Å². The first-order chi connectivity index (χ1) is 21.3. The molecule has 0 aliphatic rings. The molecule has 15 nitrogen and oxygen atoms in total. The third-order valence-electron chi connectivity index (χ3n) is 7.09. The van der Waals surface area contributed by atoms with Crippen molar-refractivity contribution in [2.75, 3.05) is 6.54 Å². The second kappa shape index (κ2) is 16.1. The first kappa shape index (κ1) is 34.3. The summed E-state index contributed by atoms with van der Waals surface area (Å²) in [5.41, 5.74) is 18.5. The van der Waals surface area contributed by atoms with Gasteiger partial charge < -0.3 is 53.5 Å². The minimum Gasteiger partial charge on any atom is -0.508 e. The topological polar surface area (TPSA) is 271 Å². The zero-order valence-corrected chi connectivity index (χ0v) is 24.8. The van der Waals surface area contributed by atoms with E-state index < -0.39 is 54.0 Å². The third kappa shape index (κ3) is 10.2. The van der Waals surface area contributed by atoms with Gasteiger partial charge in [-0.1, -0.05) is 30.3 Å². The number of nitrogens with one attached hydrogen (secondary N) is 4. The van der Waals surface area contributed by atoms with Gasteiger partial charge in [-0.25, -0.2) is 4.79 Å². The normalized spacial score (nSPS) is 14.4. The summed E-state index contributed by atoms with van der Waals surface area (Å²) in [7, 11) is 0. The van der Waals surface area contributed by atoms with E-state index in [1.54, 1.807) is 6.20 Å². The largest absolute Gasteiger partial charge is 0.508 e. The van der Waals surface area contributed by atoms with Gasteiger partial charge in [-0.3, -0.25) is 19.4 Å². The molecule has 13 N–H and O–H groups in total. The summed E-state index contributed by atoms with van der Waals surface area (Å²) in [5.74, 6) is -3.82. The summed E-state index contributed by atoms with van der Waals surface area (Å²) in [5, 5.41) is 38.2. The fourth-order valence-corrected chi connectivity index (χ4v) is 4.65. The van der Waals surface area contributed by atoms with Crippen LogP contribution >= 0.6 is 0 Å². The molecule has 0 fully saturated rings. The van der Waals surface area contributed by atoms with Gasteiger partial charge in [-0.2, -0.15) is 0 Å². The Morgan fingerprint density at radius 3 is 2.22 bits per heavy atom. The molecular weight excluding hydrogens is 584 g/mol. The van der Waals surface area contributed by atoms with Crippen LogP contribution in [-0.4, -0.2) is 86.8 Å². The van der Waals surface area contributed by atoms with Crippen molar-refractivity contribution in [3.8, 4) is 5.75 Å². The van der Waals surface area contributed by atoms with Crippen molar-refractivity contribution >= 4 is 40.6 Å². The number of carbonyl (C=O) groups excluding carboxylic acids is 3. The fraction of sp³-hybridized carbons (Fsp3) is 0.367. The maximum absolute atomic E-state index is 13.5. The second-order valence-corrected chi connectivity index (χ2v) is 10.7. The molecule has 1 aromatic heterocycles. The van der Waals surface area contributed by atoms with E-state index in [0.717, 1.165) is 10.9 Å². The quantitative estimate of drug-likeness (QED) is 0.0525. The van der Waals surface area contributed by atoms with Gasteiger partial charge in [0.25, 0.3) is 0 Å². The Labute approximate surface area is 259 Å². The summed E-state index contributed by atoms with van der Waals surface area (Å²) in [4.78, 5) is 58.7. The number of para-hydroxylation sites is 1. The van der Waals surface area contributed by atoms with E-state index in [0.29, 0.717) is 17.5 Å². The molecule has 15 heteroatoms. The highest BCUT2D eigenvalue weighted by atomic mass is 16.4. The van der Waals surface area contributed by atoms with Crippen LogP contribution in [0.15, 0.2) is 59.7 Å². The van der Waals surface area contributed by atoms with Crippen LogP contribution in [0.3, 0.4) is 0 Å². The number of phenolic OH excluding ortho intramolecular Hbond substituents is 1. The van der Waals surface area contributed by atoms with Crippen molar-refractivity contribution in [3.05, 3.63) is 65.9 Å². The number of aromatic nitrogens is 1. The van der Waals surface area contributed by atoms with E-state index >= 15 is 0 Å². The smallest absolute Gasteiger partial charge is 0.326 e. The molecule has 0 spiro atoms. The molecule has 2 aromatic carbocycles. The van der Waals surface area contributed by atoms with Gasteiger partial charge in [0.2, 0.25) is 17.7 Å². The Morgan fingerprint density at radius 2 is 1.58 bits per heavy atom. The zero-order chi connectivity index (χ0) is 33.1. The SMILES string of the molecule is CC(O)C(NC(=O)C(N)CCCN=C(N)N)C(=O)NC(Cc1ccc(O)cc1)C(=O)NC(Cc1c[nH]c2ccccc12)C(=O)O. The van der Waals surface area contributed by atoms with Gasteiger partial charge in [0, 0.05) is 36.5 Å². The van der Waals surface area contributed by atoms with E-state index in [1.807, 2.05) is 24.3 Å². The number of nitrogens with zero attached hydrogens (tertiary/aromatic N) is 1. The number of fused-ring (bicyclic) bond motifs is 1. The van der Waals surface area contributed by atoms with Crippen molar-refractivity contribution < 1.29 is 34.5 Å². The number of aliphatic hydroxyl groups excluding tert-OH is 1. The number of carboxylic acids is 1. The molecule has 242 valence electrons. The Hall–Kier alpha value is -5.15. The Morgan fingerprint density at radius 1 is 0.911 bits per heavy atom. The van der Waals surface area contributed by atoms with E-state index in [9.17, 15) is 34.5 Å². The number of hydrogen-bond acceptors (Lipinski definition) is 8. The molecule has 3 aromatic rings. The summed E-state index contributed by atoms with van der Waals surface area (Å²) in [6, 6.07) is 8.00. The minimum absolute atomic E-state index is 0.0139. The molecule has 5 unspecified atom stereocenters. The predicted octanol–water partition coefficient (Wildman–Crippen LogP) is -1.04. The molecule has 0 aliphatic carbocycles. The molecule has 0 bridgehead atoms. The van der Waals surface area contributed by atoms with Crippen molar-refractivity contribution in [2.24, 2.45) is 22.2 Å². The number of aliphatic imine (C=N–C) groups is 1. The van der Waals surface area contributed by atoms with Gasteiger partial charge in [0.1, 0.15) is 23.9 Å². The van der Waals surface area contributed by atoms with Crippen LogP contribution in [0.1, 0.15) is 30.9 Å². The number of hydrogen-bond donors (Lipinski definition) is 10. The van der Waals surface area contributed by atoms with Gasteiger partial charge in [-0.05, 0) is 49.1 Å². The first-order valence-electron chi connectivity index (χ1n) is 14.3. The van der Waals surface area contributed by atoms with E-state index in [-0.39, 0.29) is 37.5 Å². The maximum atomic E-state index is 13.5. The lowest BCUT2D eigenvalue weighted by atomic mass is 10.0. The molecule has 3 rings (SSSR count). The number of carbonyl (C=O) groups is 4. The number of H-pyrrole nitrogens is 1. The van der Waals surface area contributed by atoms with Gasteiger partial charge in [0.15, 0.2) is 5.96 Å². The molecule has 5 atom stereocenters. The lowest BCUT2D eigenvalue weighted by Crippen LogP contribution is -2.60. The van der Waals surface area contributed by atoms with Crippen molar-refractivity contribution in [1.82, 2.24) is 20.9 Å². The molecular formula is C30H40N8O7. The average Bonchev–Trinajstić information content (AvgIpc) is 3.40. The summed E-state index contributed by atoms with van der Waals surface area (Å²) in [6.07, 6.45) is 0.727. The number of phenols is 1. The van der Waals surface area contributed by atoms with Crippen LogP contribution in [0.25, 0.3) is 10.9 Å². The summed E-state index contributed by atoms with van der Waals surface area (Å²) >= 11 is 0. The number of aliphatic hydroxyl groups is 1. The van der Waals surface area contributed by atoms with Gasteiger partial charge >= 0.3 is 5.97 Å². The van der Waals surface area contributed by atoms with Crippen molar-refractivity contribution in [2.45, 2.75) is 62.9 Å². The molecule has 1 heterocycles. The zero-order valence-electron chi connectivity index (χ0n) is 24.8. The lowest BCUT2D eigenvalue weighted by Gasteiger charge is -2.26. The van der Waals surface area contributed by atoms with Crippen LogP contribution in [-0.2, 0) is 32.0 Å². The molecule has 3 amide bonds. The summed E-state index contributed by atoms with van der Waals surface area (Å²) < 4.78 is 0. The van der Waals surface area contributed by atoms with Crippen molar-refractivity contribution in [1.29, 1.82) is 0 Å². The highest BCUT2D eigenvalue weighted by Crippen LogP contribution is 2.19.